The fourth-order valence-corrected chi connectivity index (χ4v) is 2.02. The van der Waals surface area contributed by atoms with Crippen LogP contribution in [-0.2, 0) is 0 Å². The van der Waals surface area contributed by atoms with Crippen LogP contribution in [-0.4, -0.2) is 23.0 Å². The first kappa shape index (κ1) is 10.9. The first-order valence-electron chi connectivity index (χ1n) is 4.08. The van der Waals surface area contributed by atoms with Crippen molar-refractivity contribution in [2.75, 3.05) is 17.3 Å². The third kappa shape index (κ3) is 4.00. The number of rotatable bonds is 4. The van der Waals surface area contributed by atoms with Crippen LogP contribution < -0.4 is 5.32 Å². The maximum atomic E-state index is 4.08. The van der Waals surface area contributed by atoms with Gasteiger partial charge in [0.25, 0.3) is 0 Å². The van der Waals surface area contributed by atoms with Crippen molar-refractivity contribution in [3.8, 4) is 0 Å². The standard InChI is InChI=1S/C9H13BrN2S/c1-7(6-13-2)12-9-3-8(10)4-11-5-9/h3-5,7,12H,6H2,1-2H3. The van der Waals surface area contributed by atoms with E-state index in [0.717, 1.165) is 15.9 Å². The SMILES string of the molecule is CSCC(C)Nc1cncc(Br)c1. The minimum atomic E-state index is 0.478. The lowest BCUT2D eigenvalue weighted by molar-refractivity contribution is 0.912. The van der Waals surface area contributed by atoms with Gasteiger partial charge in [-0.3, -0.25) is 4.98 Å². The molecule has 1 atom stereocenters. The molecule has 0 fully saturated rings. The highest BCUT2D eigenvalue weighted by molar-refractivity contribution is 9.10. The first-order valence-corrected chi connectivity index (χ1v) is 6.27. The van der Waals surface area contributed by atoms with E-state index < -0.39 is 0 Å². The zero-order valence-corrected chi connectivity index (χ0v) is 10.2. The highest BCUT2D eigenvalue weighted by atomic mass is 79.9. The van der Waals surface area contributed by atoms with Crippen molar-refractivity contribution in [3.63, 3.8) is 0 Å². The Morgan fingerprint density at radius 3 is 3.00 bits per heavy atom. The minimum Gasteiger partial charge on any atom is -0.380 e. The van der Waals surface area contributed by atoms with Crippen LogP contribution in [0.2, 0.25) is 0 Å². The Hall–Kier alpha value is -0.220. The lowest BCUT2D eigenvalue weighted by Crippen LogP contribution is -2.17. The molecule has 4 heteroatoms. The molecule has 1 N–H and O–H groups in total. The van der Waals surface area contributed by atoms with Gasteiger partial charge in [-0.2, -0.15) is 11.8 Å². The predicted molar refractivity (Wildman–Crippen MR) is 63.4 cm³/mol. The van der Waals surface area contributed by atoms with Crippen molar-refractivity contribution in [2.45, 2.75) is 13.0 Å². The molecule has 0 saturated carbocycles. The van der Waals surface area contributed by atoms with Crippen molar-refractivity contribution in [1.29, 1.82) is 0 Å². The molecule has 0 aromatic carbocycles. The number of halogens is 1. The Labute approximate surface area is 91.7 Å². The Balaban J connectivity index is 2.53. The molecular weight excluding hydrogens is 248 g/mol. The molecule has 1 aromatic rings. The second-order valence-corrected chi connectivity index (χ2v) is 4.72. The fraction of sp³-hybridized carbons (Fsp3) is 0.444. The van der Waals surface area contributed by atoms with Crippen molar-refractivity contribution in [3.05, 3.63) is 22.9 Å². The Kier molecular flexibility index (Phi) is 4.59. The van der Waals surface area contributed by atoms with E-state index in [1.807, 2.05) is 24.0 Å². The zero-order valence-electron chi connectivity index (χ0n) is 7.75. The molecule has 13 heavy (non-hydrogen) atoms. The maximum Gasteiger partial charge on any atom is 0.0540 e. The highest BCUT2D eigenvalue weighted by Gasteiger charge is 2.00. The van der Waals surface area contributed by atoms with Crippen LogP contribution in [0.15, 0.2) is 22.9 Å². The summed E-state index contributed by atoms with van der Waals surface area (Å²) in [5.74, 6) is 1.10. The summed E-state index contributed by atoms with van der Waals surface area (Å²) < 4.78 is 1.01. The number of thioether (sulfide) groups is 1. The molecule has 0 aliphatic rings. The number of hydrogen-bond donors (Lipinski definition) is 1. The van der Waals surface area contributed by atoms with Crippen LogP contribution >= 0.6 is 27.7 Å². The zero-order chi connectivity index (χ0) is 9.68. The van der Waals surface area contributed by atoms with Gasteiger partial charge in [-0.05, 0) is 35.2 Å². The van der Waals surface area contributed by atoms with E-state index in [4.69, 9.17) is 0 Å². The van der Waals surface area contributed by atoms with E-state index in [2.05, 4.69) is 39.4 Å². The monoisotopic (exact) mass is 260 g/mol. The summed E-state index contributed by atoms with van der Waals surface area (Å²) in [7, 11) is 0. The molecule has 1 heterocycles. The molecule has 0 radical (unpaired) electrons. The average molecular weight is 261 g/mol. The topological polar surface area (TPSA) is 24.9 Å². The normalized spacial score (nSPS) is 12.5. The van der Waals surface area contributed by atoms with Gasteiger partial charge in [0, 0.05) is 22.5 Å². The Bertz CT molecular complexity index is 268. The van der Waals surface area contributed by atoms with Crippen LogP contribution in [0.4, 0.5) is 5.69 Å². The van der Waals surface area contributed by atoms with Gasteiger partial charge in [0.1, 0.15) is 0 Å². The van der Waals surface area contributed by atoms with Crippen molar-refractivity contribution in [1.82, 2.24) is 4.98 Å². The van der Waals surface area contributed by atoms with Crippen LogP contribution in [0.3, 0.4) is 0 Å². The number of pyridine rings is 1. The minimum absolute atomic E-state index is 0.478. The lowest BCUT2D eigenvalue weighted by Gasteiger charge is -2.13. The van der Waals surface area contributed by atoms with E-state index in [0.29, 0.717) is 6.04 Å². The molecule has 72 valence electrons. The van der Waals surface area contributed by atoms with E-state index >= 15 is 0 Å². The third-order valence-electron chi connectivity index (χ3n) is 1.53. The van der Waals surface area contributed by atoms with Crippen molar-refractivity contribution in [2.24, 2.45) is 0 Å². The molecule has 1 aromatic heterocycles. The van der Waals surface area contributed by atoms with Gasteiger partial charge in [-0.25, -0.2) is 0 Å². The Morgan fingerprint density at radius 1 is 1.62 bits per heavy atom. The highest BCUT2D eigenvalue weighted by Crippen LogP contribution is 2.15. The summed E-state index contributed by atoms with van der Waals surface area (Å²) in [6, 6.07) is 2.51. The molecule has 0 spiro atoms. The summed E-state index contributed by atoms with van der Waals surface area (Å²) in [6.45, 7) is 2.16. The van der Waals surface area contributed by atoms with Gasteiger partial charge in [0.2, 0.25) is 0 Å². The van der Waals surface area contributed by atoms with E-state index in [9.17, 15) is 0 Å². The number of hydrogen-bond acceptors (Lipinski definition) is 3. The molecule has 0 bridgehead atoms. The molecule has 0 aliphatic carbocycles. The largest absolute Gasteiger partial charge is 0.380 e. The fourth-order valence-electron chi connectivity index (χ4n) is 1.07. The number of nitrogens with one attached hydrogen (secondary N) is 1. The molecular formula is C9H13BrN2S. The molecule has 0 aliphatic heterocycles. The van der Waals surface area contributed by atoms with Crippen LogP contribution in [0.1, 0.15) is 6.92 Å². The first-order chi connectivity index (χ1) is 6.22. The maximum absolute atomic E-state index is 4.08. The third-order valence-corrected chi connectivity index (χ3v) is 2.80. The van der Waals surface area contributed by atoms with E-state index in [-0.39, 0.29) is 0 Å². The lowest BCUT2D eigenvalue weighted by atomic mass is 10.3. The molecule has 1 unspecified atom stereocenters. The number of anilines is 1. The van der Waals surface area contributed by atoms with Gasteiger partial charge in [-0.1, -0.05) is 0 Å². The quantitative estimate of drug-likeness (QED) is 0.901. The molecule has 1 rings (SSSR count). The Morgan fingerprint density at radius 2 is 2.38 bits per heavy atom. The van der Waals surface area contributed by atoms with Gasteiger partial charge in [0.05, 0.1) is 11.9 Å². The second kappa shape index (κ2) is 5.50. The number of nitrogens with zero attached hydrogens (tertiary/aromatic N) is 1. The van der Waals surface area contributed by atoms with Gasteiger partial charge >= 0.3 is 0 Å². The summed E-state index contributed by atoms with van der Waals surface area (Å²) in [5, 5.41) is 3.37. The van der Waals surface area contributed by atoms with E-state index in [1.165, 1.54) is 0 Å². The van der Waals surface area contributed by atoms with Gasteiger partial charge in [-0.15, -0.1) is 0 Å². The van der Waals surface area contributed by atoms with Crippen molar-refractivity contribution < 1.29 is 0 Å². The summed E-state index contributed by atoms with van der Waals surface area (Å²) in [4.78, 5) is 4.08. The van der Waals surface area contributed by atoms with Gasteiger partial charge in [0.15, 0.2) is 0 Å². The van der Waals surface area contributed by atoms with Crippen LogP contribution in [0.25, 0.3) is 0 Å². The predicted octanol–water partition coefficient (Wildman–Crippen LogP) is 3.01. The number of aromatic nitrogens is 1. The van der Waals surface area contributed by atoms with Crippen molar-refractivity contribution >= 4 is 33.4 Å². The molecule has 2 nitrogen and oxygen atoms in total. The molecule has 0 amide bonds. The average Bonchev–Trinajstić information content (AvgIpc) is 2.04. The summed E-state index contributed by atoms with van der Waals surface area (Å²) >= 11 is 5.22. The smallest absolute Gasteiger partial charge is 0.0540 e. The van der Waals surface area contributed by atoms with E-state index in [1.54, 1.807) is 6.20 Å². The molecule has 0 saturated heterocycles. The van der Waals surface area contributed by atoms with Crippen LogP contribution in [0.5, 0.6) is 0 Å². The summed E-state index contributed by atoms with van der Waals surface area (Å²) in [6.07, 6.45) is 5.73. The summed E-state index contributed by atoms with van der Waals surface area (Å²) in [5.41, 5.74) is 1.07. The second-order valence-electron chi connectivity index (χ2n) is 2.89. The van der Waals surface area contributed by atoms with Crippen LogP contribution in [0, 0.1) is 0 Å². The van der Waals surface area contributed by atoms with Gasteiger partial charge < -0.3 is 5.32 Å².